The summed E-state index contributed by atoms with van der Waals surface area (Å²) in [7, 11) is 0. The lowest BCUT2D eigenvalue weighted by atomic mass is 10.0. The fourth-order valence-corrected chi connectivity index (χ4v) is 4.24. The average molecular weight is 554 g/mol. The lowest BCUT2D eigenvalue weighted by Gasteiger charge is -2.28. The smallest absolute Gasteiger partial charge is 0.335 e. The highest BCUT2D eigenvalue weighted by Gasteiger charge is 2.37. The zero-order valence-corrected chi connectivity index (χ0v) is 21.7. The molecular formula is C27H22BrClN2O4. The standard InChI is InChI=1S/C27H22BrClN2O4/c1-15-7-8-18(11-16(15)2)14-35-24-10-9-20(28)12-19(24)13-21-25(32)30-27(34)31(26(21)33)23-6-4-5-22(29)17(23)3/h4-13H,14H2,1-3H3,(H,30,32,34)/b21-13+. The van der Waals surface area contributed by atoms with E-state index in [4.69, 9.17) is 16.3 Å². The normalized spacial score (nSPS) is 14.9. The third-order valence-corrected chi connectivity index (χ3v) is 6.72. The van der Waals surface area contributed by atoms with Crippen LogP contribution in [-0.2, 0) is 16.2 Å². The van der Waals surface area contributed by atoms with Gasteiger partial charge >= 0.3 is 6.03 Å². The van der Waals surface area contributed by atoms with Gasteiger partial charge in [0.15, 0.2) is 0 Å². The molecule has 6 nitrogen and oxygen atoms in total. The fourth-order valence-electron chi connectivity index (χ4n) is 3.69. The first-order chi connectivity index (χ1) is 16.7. The van der Waals surface area contributed by atoms with E-state index in [1.54, 1.807) is 37.3 Å². The number of nitrogens with zero attached hydrogens (tertiary/aromatic N) is 1. The molecule has 4 rings (SSSR count). The highest BCUT2D eigenvalue weighted by molar-refractivity contribution is 9.10. The Kier molecular flexibility index (Phi) is 7.10. The first-order valence-corrected chi connectivity index (χ1v) is 12.0. The summed E-state index contributed by atoms with van der Waals surface area (Å²) in [5.74, 6) is -1.04. The highest BCUT2D eigenvalue weighted by Crippen LogP contribution is 2.31. The summed E-state index contributed by atoms with van der Waals surface area (Å²) in [5, 5.41) is 2.64. The SMILES string of the molecule is Cc1ccc(COc2ccc(Br)cc2/C=C2\C(=O)NC(=O)N(c3cccc(Cl)c3C)C2=O)cc1C. The molecule has 0 radical (unpaired) electrons. The number of hydrogen-bond acceptors (Lipinski definition) is 4. The molecular weight excluding hydrogens is 532 g/mol. The van der Waals surface area contributed by atoms with Crippen LogP contribution in [0.2, 0.25) is 5.02 Å². The van der Waals surface area contributed by atoms with Crippen molar-refractivity contribution in [1.82, 2.24) is 5.32 Å². The van der Waals surface area contributed by atoms with Crippen molar-refractivity contribution in [2.24, 2.45) is 0 Å². The maximum absolute atomic E-state index is 13.3. The van der Waals surface area contributed by atoms with Crippen LogP contribution in [0.3, 0.4) is 0 Å². The van der Waals surface area contributed by atoms with E-state index in [2.05, 4.69) is 27.3 Å². The number of carbonyl (C=O) groups is 3. The summed E-state index contributed by atoms with van der Waals surface area (Å²) < 4.78 is 6.79. The summed E-state index contributed by atoms with van der Waals surface area (Å²) in [6.45, 7) is 6.09. The molecule has 0 aliphatic carbocycles. The quantitative estimate of drug-likeness (QED) is 0.298. The Morgan fingerprint density at radius 2 is 1.77 bits per heavy atom. The predicted octanol–water partition coefficient (Wildman–Crippen LogP) is 6.27. The van der Waals surface area contributed by atoms with Crippen molar-refractivity contribution in [2.45, 2.75) is 27.4 Å². The predicted molar refractivity (Wildman–Crippen MR) is 140 cm³/mol. The second-order valence-electron chi connectivity index (χ2n) is 8.23. The lowest BCUT2D eigenvalue weighted by molar-refractivity contribution is -0.122. The van der Waals surface area contributed by atoms with Crippen LogP contribution in [0.15, 0.2) is 64.6 Å². The van der Waals surface area contributed by atoms with E-state index in [-0.39, 0.29) is 5.57 Å². The molecule has 4 amide bonds. The first-order valence-electron chi connectivity index (χ1n) is 10.8. The molecule has 35 heavy (non-hydrogen) atoms. The van der Waals surface area contributed by atoms with E-state index in [1.165, 1.54) is 11.6 Å². The number of hydrogen-bond donors (Lipinski definition) is 1. The van der Waals surface area contributed by atoms with E-state index < -0.39 is 17.8 Å². The third-order valence-electron chi connectivity index (χ3n) is 5.82. The second kappa shape index (κ2) is 10.1. The van der Waals surface area contributed by atoms with Crippen LogP contribution in [0.25, 0.3) is 6.08 Å². The van der Waals surface area contributed by atoms with Gasteiger partial charge in [0.25, 0.3) is 11.8 Å². The minimum absolute atomic E-state index is 0.196. The zero-order chi connectivity index (χ0) is 25.3. The summed E-state index contributed by atoms with van der Waals surface area (Å²) in [5.41, 5.74) is 4.52. The van der Waals surface area contributed by atoms with E-state index >= 15 is 0 Å². The summed E-state index contributed by atoms with van der Waals surface area (Å²) in [4.78, 5) is 39.5. The maximum atomic E-state index is 13.3. The summed E-state index contributed by atoms with van der Waals surface area (Å²) in [6.07, 6.45) is 1.43. The number of imide groups is 2. The van der Waals surface area contributed by atoms with Crippen LogP contribution < -0.4 is 15.0 Å². The molecule has 0 saturated carbocycles. The molecule has 1 aliphatic heterocycles. The van der Waals surface area contributed by atoms with Gasteiger partial charge in [-0.1, -0.05) is 51.8 Å². The minimum Gasteiger partial charge on any atom is -0.488 e. The molecule has 0 aromatic heterocycles. The zero-order valence-electron chi connectivity index (χ0n) is 19.3. The van der Waals surface area contributed by atoms with Crippen molar-refractivity contribution in [3.8, 4) is 5.75 Å². The molecule has 3 aromatic carbocycles. The van der Waals surface area contributed by atoms with E-state index in [0.29, 0.717) is 34.2 Å². The number of rotatable bonds is 5. The topological polar surface area (TPSA) is 75.7 Å². The Morgan fingerprint density at radius 1 is 1.00 bits per heavy atom. The van der Waals surface area contributed by atoms with Crippen LogP contribution in [0, 0.1) is 20.8 Å². The van der Waals surface area contributed by atoms with Gasteiger partial charge in [-0.25, -0.2) is 9.69 Å². The Labute approximate surface area is 216 Å². The Morgan fingerprint density at radius 3 is 2.51 bits per heavy atom. The van der Waals surface area contributed by atoms with Gasteiger partial charge < -0.3 is 4.74 Å². The Hall–Kier alpha value is -3.42. The molecule has 1 saturated heterocycles. The first kappa shape index (κ1) is 24.7. The number of urea groups is 1. The molecule has 178 valence electrons. The fraction of sp³-hybridized carbons (Fsp3) is 0.148. The van der Waals surface area contributed by atoms with Crippen LogP contribution >= 0.6 is 27.5 Å². The molecule has 1 N–H and O–H groups in total. The lowest BCUT2D eigenvalue weighted by Crippen LogP contribution is -2.54. The number of carbonyl (C=O) groups excluding carboxylic acids is 3. The average Bonchev–Trinajstić information content (AvgIpc) is 2.81. The monoisotopic (exact) mass is 552 g/mol. The van der Waals surface area contributed by atoms with Crippen molar-refractivity contribution in [2.75, 3.05) is 4.90 Å². The van der Waals surface area contributed by atoms with Crippen molar-refractivity contribution >= 4 is 57.1 Å². The second-order valence-corrected chi connectivity index (χ2v) is 9.55. The number of ether oxygens (including phenoxy) is 1. The summed E-state index contributed by atoms with van der Waals surface area (Å²) >= 11 is 9.62. The summed E-state index contributed by atoms with van der Waals surface area (Å²) in [6, 6.07) is 15.5. The van der Waals surface area contributed by atoms with Gasteiger partial charge in [0.2, 0.25) is 0 Å². The van der Waals surface area contributed by atoms with Gasteiger partial charge in [-0.05, 0) is 79.4 Å². The Balaban J connectivity index is 1.69. The third kappa shape index (κ3) is 5.16. The van der Waals surface area contributed by atoms with Gasteiger partial charge in [0.05, 0.1) is 5.69 Å². The van der Waals surface area contributed by atoms with Crippen molar-refractivity contribution < 1.29 is 19.1 Å². The minimum atomic E-state index is -0.831. The van der Waals surface area contributed by atoms with E-state index in [1.807, 2.05) is 32.0 Å². The molecule has 1 aliphatic rings. The molecule has 0 atom stereocenters. The van der Waals surface area contributed by atoms with Crippen LogP contribution in [0.5, 0.6) is 5.75 Å². The molecule has 8 heteroatoms. The van der Waals surface area contributed by atoms with Gasteiger partial charge in [-0.15, -0.1) is 0 Å². The largest absolute Gasteiger partial charge is 0.488 e. The van der Waals surface area contributed by atoms with Gasteiger partial charge in [0, 0.05) is 15.1 Å². The molecule has 0 spiro atoms. The molecule has 0 bridgehead atoms. The number of aryl methyl sites for hydroxylation is 2. The number of barbiturate groups is 1. The highest BCUT2D eigenvalue weighted by atomic mass is 79.9. The van der Waals surface area contributed by atoms with Crippen molar-refractivity contribution in [3.05, 3.63) is 97.5 Å². The van der Waals surface area contributed by atoms with Gasteiger partial charge in [0.1, 0.15) is 17.9 Å². The molecule has 3 aromatic rings. The molecule has 1 heterocycles. The van der Waals surface area contributed by atoms with Crippen molar-refractivity contribution in [1.29, 1.82) is 0 Å². The molecule has 0 unspecified atom stereocenters. The number of halogens is 2. The van der Waals surface area contributed by atoms with Gasteiger partial charge in [-0.3, -0.25) is 14.9 Å². The molecule has 1 fully saturated rings. The van der Waals surface area contributed by atoms with Crippen LogP contribution in [-0.4, -0.2) is 17.8 Å². The number of amides is 4. The number of benzene rings is 3. The number of anilines is 1. The van der Waals surface area contributed by atoms with Crippen molar-refractivity contribution in [3.63, 3.8) is 0 Å². The van der Waals surface area contributed by atoms with E-state index in [9.17, 15) is 14.4 Å². The number of nitrogens with one attached hydrogen (secondary N) is 1. The van der Waals surface area contributed by atoms with Gasteiger partial charge in [-0.2, -0.15) is 0 Å². The van der Waals surface area contributed by atoms with E-state index in [0.717, 1.165) is 20.5 Å². The van der Waals surface area contributed by atoms with Crippen LogP contribution in [0.1, 0.15) is 27.8 Å². The maximum Gasteiger partial charge on any atom is 0.335 e. The Bertz CT molecular complexity index is 1400. The van der Waals surface area contributed by atoms with Crippen LogP contribution in [0.4, 0.5) is 10.5 Å².